The van der Waals surface area contributed by atoms with E-state index < -0.39 is 7.60 Å². The molecule has 4 N–H and O–H groups in total. The zero-order valence-corrected chi connectivity index (χ0v) is 6.40. The third kappa shape index (κ3) is 2.01. The molecule has 0 saturated heterocycles. The molecule has 0 aromatic carbocycles. The number of anilines is 1. The predicted molar refractivity (Wildman–Crippen MR) is 40.3 cm³/mol. The van der Waals surface area contributed by atoms with E-state index in [2.05, 4.69) is 4.98 Å². The van der Waals surface area contributed by atoms with Gasteiger partial charge in [-0.25, -0.2) is 4.98 Å². The maximum atomic E-state index is 10.6. The van der Waals surface area contributed by atoms with E-state index in [4.69, 9.17) is 15.5 Å². The second-order valence-corrected chi connectivity index (χ2v) is 3.59. The Morgan fingerprint density at radius 1 is 1.55 bits per heavy atom. The quantitative estimate of drug-likeness (QED) is 0.497. The van der Waals surface area contributed by atoms with Crippen molar-refractivity contribution in [1.82, 2.24) is 4.98 Å². The van der Waals surface area contributed by atoms with Crippen LogP contribution >= 0.6 is 7.60 Å². The fourth-order valence-corrected chi connectivity index (χ4v) is 1.18. The van der Waals surface area contributed by atoms with Gasteiger partial charge >= 0.3 is 7.60 Å². The molecule has 1 heterocycles. The topological polar surface area (TPSA) is 96.4 Å². The molecule has 0 bridgehead atoms. The summed E-state index contributed by atoms with van der Waals surface area (Å²) in [7, 11) is -4.17. The van der Waals surface area contributed by atoms with Crippen LogP contribution < -0.4 is 11.0 Å². The lowest BCUT2D eigenvalue weighted by molar-refractivity contribution is 0.387. The van der Waals surface area contributed by atoms with Gasteiger partial charge in [0.2, 0.25) is 0 Å². The number of rotatable bonds is 1. The second kappa shape index (κ2) is 2.62. The van der Waals surface area contributed by atoms with Crippen LogP contribution in [0.15, 0.2) is 18.3 Å². The molecule has 1 rings (SSSR count). The Morgan fingerprint density at radius 3 is 2.55 bits per heavy atom. The van der Waals surface area contributed by atoms with Crippen molar-refractivity contribution in [2.75, 3.05) is 5.73 Å². The molecule has 0 aliphatic carbocycles. The highest BCUT2D eigenvalue weighted by Gasteiger charge is 2.16. The average molecular weight is 174 g/mol. The van der Waals surface area contributed by atoms with Gasteiger partial charge in [0.25, 0.3) is 0 Å². The lowest BCUT2D eigenvalue weighted by Crippen LogP contribution is -2.05. The predicted octanol–water partition coefficient (Wildman–Crippen LogP) is -0.533. The Morgan fingerprint density at radius 2 is 2.18 bits per heavy atom. The third-order valence-corrected chi connectivity index (χ3v) is 2.05. The fourth-order valence-electron chi connectivity index (χ4n) is 0.618. The number of aromatic nitrogens is 1. The van der Waals surface area contributed by atoms with E-state index in [1.807, 2.05) is 0 Å². The van der Waals surface area contributed by atoms with Crippen molar-refractivity contribution in [2.24, 2.45) is 0 Å². The van der Waals surface area contributed by atoms with Crippen LogP contribution in [-0.2, 0) is 4.57 Å². The molecule has 0 aliphatic heterocycles. The highest BCUT2D eigenvalue weighted by molar-refractivity contribution is 7.60. The highest BCUT2D eigenvalue weighted by Crippen LogP contribution is 2.32. The summed E-state index contributed by atoms with van der Waals surface area (Å²) < 4.78 is 10.6. The Labute approximate surface area is 63.0 Å². The zero-order valence-electron chi connectivity index (χ0n) is 5.51. The molecule has 11 heavy (non-hydrogen) atoms. The summed E-state index contributed by atoms with van der Waals surface area (Å²) in [6.07, 6.45) is 1.25. The van der Waals surface area contributed by atoms with E-state index in [-0.39, 0.29) is 11.1 Å². The molecule has 0 saturated carbocycles. The van der Waals surface area contributed by atoms with Crippen molar-refractivity contribution in [1.29, 1.82) is 0 Å². The normalized spacial score (nSPS) is 11.5. The van der Waals surface area contributed by atoms with Crippen LogP contribution in [0.25, 0.3) is 0 Å². The lowest BCUT2D eigenvalue weighted by Gasteiger charge is -2.02. The van der Waals surface area contributed by atoms with Gasteiger partial charge in [0.15, 0.2) is 0 Å². The number of nitrogen functional groups attached to an aromatic ring is 1. The van der Waals surface area contributed by atoms with Crippen LogP contribution in [0.5, 0.6) is 0 Å². The minimum Gasteiger partial charge on any atom is -0.384 e. The number of pyridine rings is 1. The monoisotopic (exact) mass is 174 g/mol. The molecule has 0 fully saturated rings. The van der Waals surface area contributed by atoms with E-state index in [0.29, 0.717) is 0 Å². The Bertz CT molecular complexity index is 308. The van der Waals surface area contributed by atoms with Crippen LogP contribution in [0.4, 0.5) is 5.82 Å². The number of hydrogen-bond acceptors (Lipinski definition) is 3. The van der Waals surface area contributed by atoms with Crippen molar-refractivity contribution in [3.63, 3.8) is 0 Å². The molecule has 0 unspecified atom stereocenters. The van der Waals surface area contributed by atoms with Crippen molar-refractivity contribution in [2.45, 2.75) is 0 Å². The van der Waals surface area contributed by atoms with Gasteiger partial charge in [-0.2, -0.15) is 0 Å². The van der Waals surface area contributed by atoms with E-state index >= 15 is 0 Å². The molecule has 6 heteroatoms. The van der Waals surface area contributed by atoms with Gasteiger partial charge in [-0.15, -0.1) is 0 Å². The highest BCUT2D eigenvalue weighted by atomic mass is 31.2. The molecule has 1 aromatic heterocycles. The first-order chi connectivity index (χ1) is 5.00. The molecular weight excluding hydrogens is 167 g/mol. The SMILES string of the molecule is Nc1cc(P(=O)(O)O)ccn1. The van der Waals surface area contributed by atoms with Gasteiger partial charge in [-0.05, 0) is 12.1 Å². The molecule has 0 aliphatic rings. The number of hydrogen-bond donors (Lipinski definition) is 3. The van der Waals surface area contributed by atoms with Gasteiger partial charge in [-0.3, -0.25) is 4.57 Å². The third-order valence-electron chi connectivity index (χ3n) is 1.10. The average Bonchev–Trinajstić information content (AvgIpc) is 1.86. The first-order valence-corrected chi connectivity index (χ1v) is 4.39. The summed E-state index contributed by atoms with van der Waals surface area (Å²) >= 11 is 0. The summed E-state index contributed by atoms with van der Waals surface area (Å²) in [6, 6.07) is 2.39. The first-order valence-electron chi connectivity index (χ1n) is 2.78. The van der Waals surface area contributed by atoms with E-state index in [0.717, 1.165) is 6.07 Å². The molecule has 0 radical (unpaired) electrons. The van der Waals surface area contributed by atoms with Crippen molar-refractivity contribution < 1.29 is 14.4 Å². The van der Waals surface area contributed by atoms with Crippen LogP contribution in [0, 0.1) is 0 Å². The van der Waals surface area contributed by atoms with Gasteiger partial charge in [0.1, 0.15) is 5.82 Å². The maximum Gasteiger partial charge on any atom is 0.356 e. The van der Waals surface area contributed by atoms with Gasteiger partial charge < -0.3 is 15.5 Å². The molecule has 60 valence electrons. The molecular formula is C5H7N2O3P. The smallest absolute Gasteiger partial charge is 0.356 e. The van der Waals surface area contributed by atoms with Crippen molar-refractivity contribution in [3.8, 4) is 0 Å². The molecule has 0 atom stereocenters. The van der Waals surface area contributed by atoms with Crippen LogP contribution in [0.2, 0.25) is 0 Å². The maximum absolute atomic E-state index is 10.6. The zero-order chi connectivity index (χ0) is 8.48. The summed E-state index contributed by atoms with van der Waals surface area (Å²) in [5.74, 6) is 0.103. The minimum atomic E-state index is -4.17. The van der Waals surface area contributed by atoms with Crippen LogP contribution in [0.3, 0.4) is 0 Å². The van der Waals surface area contributed by atoms with Crippen molar-refractivity contribution >= 4 is 18.7 Å². The lowest BCUT2D eigenvalue weighted by atomic mass is 10.5. The van der Waals surface area contributed by atoms with E-state index in [9.17, 15) is 4.57 Å². The standard InChI is InChI=1S/C5H7N2O3P/c6-5-3-4(1-2-7-5)11(8,9)10/h1-3H,(H2,6,7)(H2,8,9,10). The van der Waals surface area contributed by atoms with Crippen LogP contribution in [0.1, 0.15) is 0 Å². The van der Waals surface area contributed by atoms with Gasteiger partial charge in [-0.1, -0.05) is 0 Å². The van der Waals surface area contributed by atoms with Crippen molar-refractivity contribution in [3.05, 3.63) is 18.3 Å². The first kappa shape index (κ1) is 8.20. The summed E-state index contributed by atoms with van der Waals surface area (Å²) in [6.45, 7) is 0. The van der Waals surface area contributed by atoms with Gasteiger partial charge in [0.05, 0.1) is 5.30 Å². The number of nitrogens with zero attached hydrogens (tertiary/aromatic N) is 1. The molecule has 0 amide bonds. The molecule has 5 nitrogen and oxygen atoms in total. The van der Waals surface area contributed by atoms with E-state index in [1.165, 1.54) is 12.3 Å². The largest absolute Gasteiger partial charge is 0.384 e. The second-order valence-electron chi connectivity index (χ2n) is 1.98. The summed E-state index contributed by atoms with van der Waals surface area (Å²) in [5.41, 5.74) is 5.20. The summed E-state index contributed by atoms with van der Waals surface area (Å²) in [4.78, 5) is 20.9. The summed E-state index contributed by atoms with van der Waals surface area (Å²) in [5, 5.41) is -0.106. The number of nitrogens with two attached hydrogens (primary N) is 1. The molecule has 0 spiro atoms. The van der Waals surface area contributed by atoms with E-state index in [1.54, 1.807) is 0 Å². The van der Waals surface area contributed by atoms with Crippen LogP contribution in [-0.4, -0.2) is 14.8 Å². The Hall–Kier alpha value is -0.900. The Kier molecular flexibility index (Phi) is 1.95. The molecule has 1 aromatic rings. The Balaban J connectivity index is 3.17. The fraction of sp³-hybridized carbons (Fsp3) is 0. The van der Waals surface area contributed by atoms with Gasteiger partial charge in [0, 0.05) is 6.20 Å². The minimum absolute atomic E-state index is 0.103.